The summed E-state index contributed by atoms with van der Waals surface area (Å²) in [5.41, 5.74) is 0.959. The summed E-state index contributed by atoms with van der Waals surface area (Å²) in [5.74, 6) is 0.734. The van der Waals surface area contributed by atoms with E-state index in [-0.39, 0.29) is 16.8 Å². The van der Waals surface area contributed by atoms with Crippen LogP contribution in [0.3, 0.4) is 0 Å². The van der Waals surface area contributed by atoms with Gasteiger partial charge in [-0.1, -0.05) is 25.0 Å². The second kappa shape index (κ2) is 8.05. The van der Waals surface area contributed by atoms with Gasteiger partial charge in [-0.25, -0.2) is 13.1 Å². The first kappa shape index (κ1) is 18.7. The molecule has 0 atom stereocenters. The van der Waals surface area contributed by atoms with Crippen LogP contribution in [0.15, 0.2) is 45.7 Å². The van der Waals surface area contributed by atoms with E-state index in [1.54, 1.807) is 43.3 Å². The van der Waals surface area contributed by atoms with Crippen LogP contribution in [0.1, 0.15) is 47.6 Å². The standard InChI is InChI=1S/C19H24N2O4S/c1-14-6-11-18(25-14)19(22)20-13-12-15-7-9-17(10-8-15)26(23,24)21-16-4-2-3-5-16/h6-11,16,21H,2-5,12-13H2,1H3,(H,20,22). The molecule has 1 aliphatic carbocycles. The average molecular weight is 376 g/mol. The van der Waals surface area contributed by atoms with Crippen molar-refractivity contribution in [3.8, 4) is 0 Å². The summed E-state index contributed by atoms with van der Waals surface area (Å²) in [6.07, 6.45) is 4.59. The number of carbonyl (C=O) groups is 1. The summed E-state index contributed by atoms with van der Waals surface area (Å²) in [6.45, 7) is 2.24. The number of furan rings is 1. The second-order valence-electron chi connectivity index (χ2n) is 6.66. The summed E-state index contributed by atoms with van der Waals surface area (Å²) in [7, 11) is -3.46. The zero-order valence-corrected chi connectivity index (χ0v) is 15.6. The Kier molecular flexibility index (Phi) is 5.78. The number of nitrogens with one attached hydrogen (secondary N) is 2. The fourth-order valence-corrected chi connectivity index (χ4v) is 4.44. The lowest BCUT2D eigenvalue weighted by molar-refractivity contribution is 0.0925. The quantitative estimate of drug-likeness (QED) is 0.778. The molecule has 0 unspecified atom stereocenters. The molecule has 0 spiro atoms. The molecule has 1 aromatic heterocycles. The van der Waals surface area contributed by atoms with Crippen LogP contribution >= 0.6 is 0 Å². The molecule has 0 saturated heterocycles. The van der Waals surface area contributed by atoms with E-state index in [0.29, 0.717) is 24.5 Å². The third kappa shape index (κ3) is 4.74. The van der Waals surface area contributed by atoms with Crippen LogP contribution in [0.25, 0.3) is 0 Å². The highest BCUT2D eigenvalue weighted by molar-refractivity contribution is 7.89. The molecule has 2 N–H and O–H groups in total. The van der Waals surface area contributed by atoms with Crippen LogP contribution < -0.4 is 10.0 Å². The lowest BCUT2D eigenvalue weighted by Crippen LogP contribution is -2.32. The molecule has 7 heteroatoms. The molecule has 6 nitrogen and oxygen atoms in total. The van der Waals surface area contributed by atoms with Gasteiger partial charge in [0.2, 0.25) is 10.0 Å². The first-order chi connectivity index (χ1) is 12.4. The molecule has 1 saturated carbocycles. The molecule has 1 aromatic carbocycles. The van der Waals surface area contributed by atoms with Gasteiger partial charge in [0.05, 0.1) is 4.90 Å². The molecule has 26 heavy (non-hydrogen) atoms. The predicted octanol–water partition coefficient (Wildman–Crippen LogP) is 2.78. The van der Waals surface area contributed by atoms with Crippen molar-refractivity contribution in [3.05, 3.63) is 53.5 Å². The maximum atomic E-state index is 12.4. The lowest BCUT2D eigenvalue weighted by Gasteiger charge is -2.13. The zero-order chi connectivity index (χ0) is 18.6. The molecule has 1 amide bonds. The van der Waals surface area contributed by atoms with Gasteiger partial charge in [0.1, 0.15) is 5.76 Å². The van der Waals surface area contributed by atoms with Gasteiger partial charge in [-0.2, -0.15) is 0 Å². The molecule has 140 valence electrons. The van der Waals surface area contributed by atoms with E-state index in [4.69, 9.17) is 4.42 Å². The summed E-state index contributed by atoms with van der Waals surface area (Å²) in [4.78, 5) is 12.2. The Balaban J connectivity index is 1.51. The first-order valence-electron chi connectivity index (χ1n) is 8.90. The molecule has 0 aliphatic heterocycles. The van der Waals surface area contributed by atoms with E-state index < -0.39 is 10.0 Å². The molecule has 1 fully saturated rings. The van der Waals surface area contributed by atoms with Crippen LogP contribution in [0.2, 0.25) is 0 Å². The van der Waals surface area contributed by atoms with E-state index in [2.05, 4.69) is 10.0 Å². The van der Waals surface area contributed by atoms with Crippen LogP contribution in [0.5, 0.6) is 0 Å². The topological polar surface area (TPSA) is 88.4 Å². The number of rotatable bonds is 7. The van der Waals surface area contributed by atoms with Crippen molar-refractivity contribution in [2.45, 2.75) is 50.0 Å². The summed E-state index contributed by atoms with van der Waals surface area (Å²) >= 11 is 0. The molecular formula is C19H24N2O4S. The van der Waals surface area contributed by atoms with E-state index in [1.165, 1.54) is 0 Å². The number of carbonyl (C=O) groups excluding carboxylic acids is 1. The highest BCUT2D eigenvalue weighted by Crippen LogP contribution is 2.20. The van der Waals surface area contributed by atoms with Gasteiger partial charge < -0.3 is 9.73 Å². The van der Waals surface area contributed by atoms with E-state index in [9.17, 15) is 13.2 Å². The minimum Gasteiger partial charge on any atom is -0.456 e. The molecule has 0 bridgehead atoms. The maximum absolute atomic E-state index is 12.4. The normalized spacial score (nSPS) is 15.3. The maximum Gasteiger partial charge on any atom is 0.287 e. The van der Waals surface area contributed by atoms with Crippen molar-refractivity contribution in [2.24, 2.45) is 0 Å². The fourth-order valence-electron chi connectivity index (χ4n) is 3.13. The number of hydrogen-bond donors (Lipinski definition) is 2. The van der Waals surface area contributed by atoms with Crippen molar-refractivity contribution in [3.63, 3.8) is 0 Å². The van der Waals surface area contributed by atoms with E-state index >= 15 is 0 Å². The van der Waals surface area contributed by atoms with Gasteiger partial charge in [0, 0.05) is 12.6 Å². The number of hydrogen-bond acceptors (Lipinski definition) is 4. The van der Waals surface area contributed by atoms with Crippen molar-refractivity contribution in [1.29, 1.82) is 0 Å². The van der Waals surface area contributed by atoms with Crippen LogP contribution in [0, 0.1) is 6.92 Å². The van der Waals surface area contributed by atoms with Crippen LogP contribution in [0.4, 0.5) is 0 Å². The van der Waals surface area contributed by atoms with Crippen molar-refractivity contribution in [1.82, 2.24) is 10.0 Å². The minimum atomic E-state index is -3.46. The van der Waals surface area contributed by atoms with E-state index in [0.717, 1.165) is 31.2 Å². The highest BCUT2D eigenvalue weighted by atomic mass is 32.2. The smallest absolute Gasteiger partial charge is 0.287 e. The Hall–Kier alpha value is -2.12. The Morgan fingerprint density at radius 2 is 1.81 bits per heavy atom. The van der Waals surface area contributed by atoms with Crippen LogP contribution in [-0.2, 0) is 16.4 Å². The Morgan fingerprint density at radius 1 is 1.12 bits per heavy atom. The Labute approximate surface area is 154 Å². The Morgan fingerprint density at radius 3 is 2.42 bits per heavy atom. The highest BCUT2D eigenvalue weighted by Gasteiger charge is 2.22. The first-order valence-corrected chi connectivity index (χ1v) is 10.4. The summed E-state index contributed by atoms with van der Waals surface area (Å²) in [6, 6.07) is 10.2. The lowest BCUT2D eigenvalue weighted by atomic mass is 10.1. The SMILES string of the molecule is Cc1ccc(C(=O)NCCc2ccc(S(=O)(=O)NC3CCCC3)cc2)o1. The van der Waals surface area contributed by atoms with Gasteiger partial charge >= 0.3 is 0 Å². The average Bonchev–Trinajstić information content (AvgIpc) is 3.26. The molecule has 0 radical (unpaired) electrons. The van der Waals surface area contributed by atoms with Gasteiger partial charge in [-0.3, -0.25) is 4.79 Å². The third-order valence-electron chi connectivity index (χ3n) is 4.57. The van der Waals surface area contributed by atoms with Gasteiger partial charge in [0.25, 0.3) is 5.91 Å². The zero-order valence-electron chi connectivity index (χ0n) is 14.8. The van der Waals surface area contributed by atoms with Crippen LogP contribution in [-0.4, -0.2) is 26.9 Å². The molecule has 2 aromatic rings. The second-order valence-corrected chi connectivity index (χ2v) is 8.38. The van der Waals surface area contributed by atoms with Gasteiger partial charge in [-0.15, -0.1) is 0 Å². The number of amides is 1. The van der Waals surface area contributed by atoms with Crippen molar-refractivity contribution < 1.29 is 17.6 Å². The molecular weight excluding hydrogens is 352 g/mol. The molecule has 3 rings (SSSR count). The molecule has 1 aliphatic rings. The number of benzene rings is 1. The monoisotopic (exact) mass is 376 g/mol. The Bertz CT molecular complexity index is 850. The molecule has 1 heterocycles. The van der Waals surface area contributed by atoms with E-state index in [1.807, 2.05) is 0 Å². The predicted molar refractivity (Wildman–Crippen MR) is 98.5 cm³/mol. The summed E-state index contributed by atoms with van der Waals surface area (Å²) < 4.78 is 32.8. The summed E-state index contributed by atoms with van der Waals surface area (Å²) in [5, 5.41) is 2.79. The fraction of sp³-hybridized carbons (Fsp3) is 0.421. The van der Waals surface area contributed by atoms with Crippen molar-refractivity contribution >= 4 is 15.9 Å². The van der Waals surface area contributed by atoms with Gasteiger partial charge in [0.15, 0.2) is 5.76 Å². The van der Waals surface area contributed by atoms with Gasteiger partial charge in [-0.05, 0) is 56.0 Å². The van der Waals surface area contributed by atoms with Crippen molar-refractivity contribution in [2.75, 3.05) is 6.54 Å². The minimum absolute atomic E-state index is 0.0557. The largest absolute Gasteiger partial charge is 0.456 e. The number of sulfonamides is 1. The third-order valence-corrected chi connectivity index (χ3v) is 6.11. The number of aryl methyl sites for hydroxylation is 1.